The molecule has 0 heterocycles. The lowest BCUT2D eigenvalue weighted by Gasteiger charge is -2.28. The van der Waals surface area contributed by atoms with Crippen molar-refractivity contribution in [3.8, 4) is 0 Å². The maximum absolute atomic E-state index is 12.6. The Morgan fingerprint density at radius 2 is 1.02 bits per heavy atom. The second-order valence-corrected chi connectivity index (χ2v) is 16.7. The van der Waals surface area contributed by atoms with Crippen molar-refractivity contribution in [3.05, 3.63) is 97.2 Å². The molecule has 0 aromatic heterocycles. The van der Waals surface area contributed by atoms with Crippen LogP contribution >= 0.6 is 7.82 Å². The predicted molar refractivity (Wildman–Crippen MR) is 240 cm³/mol. The Hall–Kier alpha value is -3.07. The number of carbonyl (C=O) groups excluding carboxylic acids is 2. The fourth-order valence-electron chi connectivity index (χ4n) is 5.18. The lowest BCUT2D eigenvalue weighted by molar-refractivity contribution is -0.870. The van der Waals surface area contributed by atoms with E-state index >= 15 is 0 Å². The topological polar surface area (TPSA) is 111 Å². The smallest absolute Gasteiger partial charge is 0.306 e. The van der Waals surface area contributed by atoms with E-state index in [-0.39, 0.29) is 26.1 Å². The molecule has 0 aliphatic rings. The summed E-state index contributed by atoms with van der Waals surface area (Å²) >= 11 is 0. The van der Waals surface area contributed by atoms with Gasteiger partial charge in [0.1, 0.15) is 19.8 Å². The highest BCUT2D eigenvalue weighted by Crippen LogP contribution is 2.38. The Morgan fingerprint density at radius 3 is 1.53 bits per heavy atom. The van der Waals surface area contributed by atoms with Crippen LogP contribution in [-0.2, 0) is 32.7 Å². The molecule has 0 aromatic rings. The predicted octanol–water partition coefficient (Wildman–Crippen LogP) is 11.9. The van der Waals surface area contributed by atoms with Crippen molar-refractivity contribution < 1.29 is 42.1 Å². The second-order valence-electron chi connectivity index (χ2n) is 15.3. The van der Waals surface area contributed by atoms with Crippen molar-refractivity contribution >= 4 is 19.8 Å². The number of allylic oxidation sites excluding steroid dienone is 16. The van der Waals surface area contributed by atoms with Crippen LogP contribution in [-0.4, -0.2) is 70.0 Å². The van der Waals surface area contributed by atoms with Crippen molar-refractivity contribution in [2.24, 2.45) is 0 Å². The van der Waals surface area contributed by atoms with Crippen LogP contribution in [0.15, 0.2) is 97.2 Å². The van der Waals surface area contributed by atoms with Gasteiger partial charge >= 0.3 is 11.9 Å². The highest BCUT2D eigenvalue weighted by molar-refractivity contribution is 7.45. The average Bonchev–Trinajstić information content (AvgIpc) is 3.17. The van der Waals surface area contributed by atoms with Gasteiger partial charge in [-0.1, -0.05) is 143 Å². The van der Waals surface area contributed by atoms with Crippen LogP contribution in [0.4, 0.5) is 0 Å². The monoisotopic (exact) mass is 830 g/mol. The summed E-state index contributed by atoms with van der Waals surface area (Å²) in [4.78, 5) is 37.5. The minimum atomic E-state index is -4.65. The lowest BCUT2D eigenvalue weighted by atomic mass is 10.1. The number of rotatable bonds is 38. The van der Waals surface area contributed by atoms with Gasteiger partial charge in [0.05, 0.1) is 27.7 Å². The Kier molecular flexibility index (Phi) is 37.3. The van der Waals surface area contributed by atoms with Gasteiger partial charge in [-0.05, 0) is 83.5 Å². The Bertz CT molecular complexity index is 1300. The quantitative estimate of drug-likeness (QED) is 0.0199. The molecule has 9 nitrogen and oxygen atoms in total. The zero-order valence-electron chi connectivity index (χ0n) is 36.9. The van der Waals surface area contributed by atoms with Crippen LogP contribution in [0.2, 0.25) is 0 Å². The molecule has 330 valence electrons. The van der Waals surface area contributed by atoms with E-state index in [0.29, 0.717) is 23.9 Å². The summed E-state index contributed by atoms with van der Waals surface area (Å²) in [6, 6.07) is 0. The van der Waals surface area contributed by atoms with Gasteiger partial charge in [0, 0.05) is 12.8 Å². The fourth-order valence-corrected chi connectivity index (χ4v) is 5.91. The summed E-state index contributed by atoms with van der Waals surface area (Å²) in [7, 11) is 1.09. The number of ether oxygens (including phenoxy) is 2. The first-order valence-electron chi connectivity index (χ1n) is 21.9. The molecule has 0 aliphatic heterocycles. The molecule has 0 saturated carbocycles. The van der Waals surface area contributed by atoms with Gasteiger partial charge in [-0.2, -0.15) is 0 Å². The molecule has 0 spiro atoms. The number of hydrogen-bond donors (Lipinski definition) is 0. The van der Waals surface area contributed by atoms with Crippen LogP contribution in [0.3, 0.4) is 0 Å². The van der Waals surface area contributed by atoms with Crippen molar-refractivity contribution in [3.63, 3.8) is 0 Å². The largest absolute Gasteiger partial charge is 0.756 e. The van der Waals surface area contributed by atoms with Crippen LogP contribution in [0.25, 0.3) is 0 Å². The second kappa shape index (κ2) is 39.4. The van der Waals surface area contributed by atoms with Gasteiger partial charge in [-0.3, -0.25) is 14.2 Å². The highest BCUT2D eigenvalue weighted by Gasteiger charge is 2.21. The summed E-state index contributed by atoms with van der Waals surface area (Å²) in [6.45, 7) is 3.95. The molecule has 0 bridgehead atoms. The van der Waals surface area contributed by atoms with Gasteiger partial charge in [0.2, 0.25) is 0 Å². The molecular formula is C48H80NO8P. The van der Waals surface area contributed by atoms with Gasteiger partial charge < -0.3 is 27.9 Å². The Morgan fingerprint density at radius 1 is 0.552 bits per heavy atom. The molecule has 10 heteroatoms. The molecule has 0 aliphatic carbocycles. The van der Waals surface area contributed by atoms with Crippen LogP contribution in [0, 0.1) is 0 Å². The third kappa shape index (κ3) is 42.5. The summed E-state index contributed by atoms with van der Waals surface area (Å²) in [5.41, 5.74) is 0. The first-order chi connectivity index (χ1) is 28.0. The van der Waals surface area contributed by atoms with E-state index in [1.807, 2.05) is 33.3 Å². The zero-order chi connectivity index (χ0) is 42.8. The van der Waals surface area contributed by atoms with E-state index < -0.39 is 32.5 Å². The number of phosphoric ester groups is 1. The molecule has 0 radical (unpaired) electrons. The summed E-state index contributed by atoms with van der Waals surface area (Å²) in [5.74, 6) is -0.959. The van der Waals surface area contributed by atoms with Crippen molar-refractivity contribution in [1.82, 2.24) is 0 Å². The van der Waals surface area contributed by atoms with Crippen molar-refractivity contribution in [2.75, 3.05) is 47.5 Å². The number of esters is 2. The summed E-state index contributed by atoms with van der Waals surface area (Å²) < 4.78 is 33.8. The van der Waals surface area contributed by atoms with Crippen LogP contribution < -0.4 is 4.89 Å². The van der Waals surface area contributed by atoms with E-state index in [1.54, 1.807) is 0 Å². The molecule has 0 fully saturated rings. The fraction of sp³-hybridized carbons (Fsp3) is 0.625. The average molecular weight is 830 g/mol. The number of phosphoric acid groups is 1. The standard InChI is InChI=1S/C48H80NO8P/c1-6-8-10-12-14-16-18-20-22-23-24-25-27-29-31-33-35-37-39-41-48(51)57-46(45-56-58(52,53)55-43-42-49(3,4)5)44-54-47(50)40-38-36-34-32-30-28-26-21-19-17-15-13-11-9-7-2/h8,10,14-17,20-22,24-26,29,31,35,37,46H,6-7,9,11-13,18-19,23,27-28,30,32-34,36,38-45H2,1-5H3/b10-8+,16-14+,17-15+,22-20+,25-24+,26-21+,31-29+,37-35+/t46-/m1/s1. The third-order valence-corrected chi connectivity index (χ3v) is 9.57. The molecule has 0 N–H and O–H groups in total. The van der Waals surface area contributed by atoms with E-state index in [0.717, 1.165) is 77.0 Å². The normalized spacial score (nSPS) is 14.5. The number of hydrogen-bond acceptors (Lipinski definition) is 8. The van der Waals surface area contributed by atoms with Gasteiger partial charge in [0.25, 0.3) is 7.82 Å². The number of quaternary nitrogens is 1. The van der Waals surface area contributed by atoms with Gasteiger partial charge in [-0.15, -0.1) is 0 Å². The molecule has 58 heavy (non-hydrogen) atoms. The van der Waals surface area contributed by atoms with E-state index in [9.17, 15) is 19.0 Å². The van der Waals surface area contributed by atoms with Crippen molar-refractivity contribution in [1.29, 1.82) is 0 Å². The van der Waals surface area contributed by atoms with E-state index in [1.165, 1.54) is 25.7 Å². The number of nitrogens with zero attached hydrogens (tertiary/aromatic N) is 1. The van der Waals surface area contributed by atoms with Crippen LogP contribution in [0.5, 0.6) is 0 Å². The SMILES string of the molecule is CC/C=C/C/C=C/C/C=C/C/C=C/C/C=C/C/C=C/CCC(=O)O[C@H](COC(=O)CCCCCCC/C=C/C/C=C/CCCCC)COP(=O)([O-])OCC[N+](C)(C)C. The zero-order valence-corrected chi connectivity index (χ0v) is 37.8. The Balaban J connectivity index is 4.54. The van der Waals surface area contributed by atoms with E-state index in [2.05, 4.69) is 98.9 Å². The first-order valence-corrected chi connectivity index (χ1v) is 23.4. The first kappa shape index (κ1) is 54.9. The molecule has 1 unspecified atom stereocenters. The minimum absolute atomic E-state index is 0.0524. The maximum atomic E-state index is 12.6. The minimum Gasteiger partial charge on any atom is -0.756 e. The lowest BCUT2D eigenvalue weighted by Crippen LogP contribution is -2.37. The highest BCUT2D eigenvalue weighted by atomic mass is 31.2. The number of likely N-dealkylation sites (N-methyl/N-ethyl adjacent to an activating group) is 1. The molecule has 0 amide bonds. The third-order valence-electron chi connectivity index (χ3n) is 8.60. The Labute approximate surface area is 353 Å². The molecule has 2 atom stereocenters. The van der Waals surface area contributed by atoms with Gasteiger partial charge in [-0.25, -0.2) is 0 Å². The summed E-state index contributed by atoms with van der Waals surface area (Å²) in [5, 5.41) is 0. The number of carbonyl (C=O) groups is 2. The molecule has 0 rings (SSSR count). The van der Waals surface area contributed by atoms with Crippen molar-refractivity contribution in [2.45, 2.75) is 148 Å². The molecule has 0 saturated heterocycles. The number of unbranched alkanes of at least 4 members (excludes halogenated alkanes) is 8. The van der Waals surface area contributed by atoms with E-state index in [4.69, 9.17) is 18.5 Å². The van der Waals surface area contributed by atoms with Gasteiger partial charge in [0.15, 0.2) is 6.10 Å². The van der Waals surface area contributed by atoms with Crippen LogP contribution in [0.1, 0.15) is 142 Å². The maximum Gasteiger partial charge on any atom is 0.306 e. The molecule has 0 aromatic carbocycles. The molecular weight excluding hydrogens is 750 g/mol. The summed E-state index contributed by atoms with van der Waals surface area (Å²) in [6.07, 6.45) is 51.6.